The van der Waals surface area contributed by atoms with Crippen molar-refractivity contribution in [1.29, 1.82) is 0 Å². The van der Waals surface area contributed by atoms with Crippen LogP contribution in [0.3, 0.4) is 0 Å². The second-order valence-electron chi connectivity index (χ2n) is 2.64. The van der Waals surface area contributed by atoms with E-state index in [2.05, 4.69) is 0 Å². The zero-order valence-electron chi connectivity index (χ0n) is 7.11. The fourth-order valence-electron chi connectivity index (χ4n) is 0.861. The molecule has 4 nitrogen and oxygen atoms in total. The number of aromatic amines is 1. The lowest BCUT2D eigenvalue weighted by molar-refractivity contribution is -0.208. The first-order chi connectivity index (χ1) is 7.03. The van der Waals surface area contributed by atoms with Gasteiger partial charge in [0.1, 0.15) is 5.56 Å². The Balaban J connectivity index is 3.59. The smallest absolute Gasteiger partial charge is 0.273 e. The minimum Gasteiger partial charge on any atom is -0.273 e. The van der Waals surface area contributed by atoms with Gasteiger partial charge >= 0.3 is 18.2 Å². The van der Waals surface area contributed by atoms with E-state index in [1.54, 1.807) is 0 Å². The summed E-state index contributed by atoms with van der Waals surface area (Å²) in [6.45, 7) is 0. The molecule has 0 aliphatic carbocycles. The normalized spacial score (nSPS) is 12.9. The Kier molecular flexibility index (Phi) is 2.61. The maximum absolute atomic E-state index is 12.0. The van der Waals surface area contributed by atoms with Crippen LogP contribution in [0.4, 0.5) is 26.3 Å². The molecule has 0 aliphatic rings. The molecule has 0 spiro atoms. The molecule has 0 aromatic carbocycles. The summed E-state index contributed by atoms with van der Waals surface area (Å²) < 4.78 is 71.0. The Morgan fingerprint density at radius 3 is 1.94 bits per heavy atom. The van der Waals surface area contributed by atoms with Crippen LogP contribution in [-0.2, 0) is 12.5 Å². The van der Waals surface area contributed by atoms with Crippen molar-refractivity contribution in [1.82, 2.24) is 9.55 Å². The van der Waals surface area contributed by atoms with Crippen LogP contribution in [0.2, 0.25) is 0 Å². The van der Waals surface area contributed by atoms with E-state index in [4.69, 9.17) is 0 Å². The van der Waals surface area contributed by atoms with E-state index in [0.717, 1.165) is 4.98 Å². The predicted molar refractivity (Wildman–Crippen MR) is 37.6 cm³/mol. The van der Waals surface area contributed by atoms with Gasteiger partial charge in [0.25, 0.3) is 5.56 Å². The maximum Gasteiger partial charge on any atom is 0.492 e. The van der Waals surface area contributed by atoms with Crippen LogP contribution in [-0.4, -0.2) is 9.55 Å². The van der Waals surface area contributed by atoms with Gasteiger partial charge in [-0.05, 0) is 0 Å². The van der Waals surface area contributed by atoms with Crippen LogP contribution in [0.25, 0.3) is 0 Å². The van der Waals surface area contributed by atoms with Gasteiger partial charge in [-0.3, -0.25) is 9.78 Å². The highest BCUT2D eigenvalue weighted by Gasteiger charge is 2.39. The third-order valence-corrected chi connectivity index (χ3v) is 1.52. The summed E-state index contributed by atoms with van der Waals surface area (Å²) in [5.74, 6) is 0. The summed E-state index contributed by atoms with van der Waals surface area (Å²) in [7, 11) is 0. The van der Waals surface area contributed by atoms with E-state index in [9.17, 15) is 35.9 Å². The number of H-pyrrole nitrogens is 1. The van der Waals surface area contributed by atoms with Crippen LogP contribution in [0.5, 0.6) is 0 Å². The summed E-state index contributed by atoms with van der Waals surface area (Å²) in [6, 6.07) is 0. The molecule has 1 N–H and O–H groups in total. The molecule has 0 fully saturated rings. The quantitative estimate of drug-likeness (QED) is 0.697. The minimum atomic E-state index is -5.33. The average molecular weight is 248 g/mol. The monoisotopic (exact) mass is 248 g/mol. The molecular formula is C6H2F6N2O2. The van der Waals surface area contributed by atoms with Gasteiger partial charge in [0.15, 0.2) is 0 Å². The van der Waals surface area contributed by atoms with Crippen LogP contribution in [0.15, 0.2) is 15.8 Å². The topological polar surface area (TPSA) is 54.9 Å². The largest absolute Gasteiger partial charge is 0.492 e. The zero-order chi connectivity index (χ0) is 12.7. The molecule has 1 rings (SSSR count). The van der Waals surface area contributed by atoms with Crippen LogP contribution in [0, 0.1) is 0 Å². The van der Waals surface area contributed by atoms with Crippen LogP contribution >= 0.6 is 0 Å². The van der Waals surface area contributed by atoms with Gasteiger partial charge in [-0.15, -0.1) is 13.2 Å². The van der Waals surface area contributed by atoms with E-state index in [-0.39, 0.29) is 0 Å². The van der Waals surface area contributed by atoms with Gasteiger partial charge in [-0.25, -0.2) is 9.36 Å². The molecule has 0 amide bonds. The molecule has 0 aliphatic heterocycles. The SMILES string of the molecule is O=c1[nH]c(=O)n(C(F)(F)F)cc1C(F)(F)F. The molecule has 1 heterocycles. The van der Waals surface area contributed by atoms with Gasteiger partial charge in [0.2, 0.25) is 0 Å². The van der Waals surface area contributed by atoms with E-state index < -0.39 is 40.1 Å². The van der Waals surface area contributed by atoms with Crippen molar-refractivity contribution in [2.45, 2.75) is 12.5 Å². The zero-order valence-corrected chi connectivity index (χ0v) is 7.11. The lowest BCUT2D eigenvalue weighted by atomic mass is 10.3. The van der Waals surface area contributed by atoms with E-state index in [0.29, 0.717) is 0 Å². The third-order valence-electron chi connectivity index (χ3n) is 1.52. The number of aromatic nitrogens is 2. The van der Waals surface area contributed by atoms with Crippen molar-refractivity contribution in [2.75, 3.05) is 0 Å². The number of hydrogen-bond donors (Lipinski definition) is 1. The third kappa shape index (κ3) is 2.25. The van der Waals surface area contributed by atoms with Crippen molar-refractivity contribution >= 4 is 0 Å². The predicted octanol–water partition coefficient (Wildman–Crippen LogP) is 1.03. The maximum atomic E-state index is 12.0. The summed E-state index contributed by atoms with van der Waals surface area (Å²) in [4.78, 5) is 22.1. The molecule has 1 aromatic heterocycles. The molecule has 16 heavy (non-hydrogen) atoms. The molecule has 0 radical (unpaired) electrons. The molecular weight excluding hydrogens is 246 g/mol. The Morgan fingerprint density at radius 2 is 1.56 bits per heavy atom. The summed E-state index contributed by atoms with van der Waals surface area (Å²) >= 11 is 0. The fourth-order valence-corrected chi connectivity index (χ4v) is 0.861. The summed E-state index contributed by atoms with van der Waals surface area (Å²) in [6.07, 6.45) is -11.2. The van der Waals surface area contributed by atoms with Crippen molar-refractivity contribution < 1.29 is 26.3 Å². The molecule has 90 valence electrons. The van der Waals surface area contributed by atoms with Gasteiger partial charge in [-0.2, -0.15) is 13.2 Å². The van der Waals surface area contributed by atoms with Crippen LogP contribution in [0.1, 0.15) is 5.56 Å². The van der Waals surface area contributed by atoms with Gasteiger partial charge in [0.05, 0.1) is 0 Å². The highest BCUT2D eigenvalue weighted by atomic mass is 19.4. The van der Waals surface area contributed by atoms with Crippen LogP contribution < -0.4 is 11.2 Å². The van der Waals surface area contributed by atoms with Gasteiger partial charge < -0.3 is 0 Å². The number of alkyl halides is 6. The fraction of sp³-hybridized carbons (Fsp3) is 0.333. The number of nitrogens with one attached hydrogen (secondary N) is 1. The first-order valence-electron chi connectivity index (χ1n) is 3.54. The van der Waals surface area contributed by atoms with Crippen molar-refractivity contribution in [3.8, 4) is 0 Å². The molecule has 0 unspecified atom stereocenters. The number of rotatable bonds is 0. The van der Waals surface area contributed by atoms with E-state index >= 15 is 0 Å². The number of hydrogen-bond acceptors (Lipinski definition) is 2. The molecule has 0 saturated carbocycles. The lowest BCUT2D eigenvalue weighted by Crippen LogP contribution is -2.39. The highest BCUT2D eigenvalue weighted by molar-refractivity contribution is 5.09. The molecule has 0 bridgehead atoms. The molecule has 10 heteroatoms. The first-order valence-corrected chi connectivity index (χ1v) is 3.54. The van der Waals surface area contributed by atoms with E-state index in [1.807, 2.05) is 0 Å². The molecule has 1 aromatic rings. The van der Waals surface area contributed by atoms with E-state index in [1.165, 1.54) is 0 Å². The first kappa shape index (κ1) is 12.3. The Bertz CT molecular complexity index is 464. The molecule has 0 saturated heterocycles. The average Bonchev–Trinajstić information content (AvgIpc) is 1.97. The van der Waals surface area contributed by atoms with Crippen molar-refractivity contribution in [3.05, 3.63) is 32.6 Å². The Labute approximate surface area is 82.1 Å². The van der Waals surface area contributed by atoms with Crippen molar-refractivity contribution in [3.63, 3.8) is 0 Å². The number of halogens is 6. The van der Waals surface area contributed by atoms with Gasteiger partial charge in [0, 0.05) is 6.20 Å². The second-order valence-corrected chi connectivity index (χ2v) is 2.64. The standard InChI is InChI=1S/C6H2F6N2O2/c7-5(8,9)2-1-14(6(10,11)12)4(16)13-3(2)15/h1H,(H,13,15,16). The Hall–Kier alpha value is -1.74. The molecule has 0 atom stereocenters. The van der Waals surface area contributed by atoms with Crippen molar-refractivity contribution in [2.24, 2.45) is 0 Å². The summed E-state index contributed by atoms with van der Waals surface area (Å²) in [5.41, 5.74) is -5.99. The summed E-state index contributed by atoms with van der Waals surface area (Å²) in [5, 5.41) is 0. The number of nitrogens with zero attached hydrogens (tertiary/aromatic N) is 1. The minimum absolute atomic E-state index is 0.582. The lowest BCUT2D eigenvalue weighted by Gasteiger charge is -2.11. The van der Waals surface area contributed by atoms with Gasteiger partial charge in [-0.1, -0.05) is 0 Å². The Morgan fingerprint density at radius 1 is 1.06 bits per heavy atom. The second kappa shape index (κ2) is 3.39. The highest BCUT2D eigenvalue weighted by Crippen LogP contribution is 2.27.